The summed E-state index contributed by atoms with van der Waals surface area (Å²) in [6, 6.07) is 7.68. The number of carbonyl (C=O) groups excluding carboxylic acids is 2. The van der Waals surface area contributed by atoms with Crippen molar-refractivity contribution in [1.29, 1.82) is 0 Å². The Kier molecular flexibility index (Phi) is 6.53. The van der Waals surface area contributed by atoms with Gasteiger partial charge in [0.05, 0.1) is 22.8 Å². The smallest absolute Gasteiger partial charge is 0.407 e. The number of rotatable bonds is 6. The molecule has 8 nitrogen and oxygen atoms in total. The van der Waals surface area contributed by atoms with Crippen LogP contribution < -0.4 is 10.6 Å². The number of nitrogens with one attached hydrogen (secondary N) is 2. The summed E-state index contributed by atoms with van der Waals surface area (Å²) in [5.41, 5.74) is 1.41. The maximum Gasteiger partial charge on any atom is 0.407 e. The molecule has 0 aliphatic carbocycles. The number of amides is 2. The van der Waals surface area contributed by atoms with Crippen LogP contribution >= 0.6 is 0 Å². The van der Waals surface area contributed by atoms with Crippen molar-refractivity contribution in [3.8, 4) is 11.3 Å². The third-order valence-corrected chi connectivity index (χ3v) is 4.38. The molecule has 164 valence electrons. The van der Waals surface area contributed by atoms with Crippen molar-refractivity contribution in [2.45, 2.75) is 32.8 Å². The van der Waals surface area contributed by atoms with Gasteiger partial charge in [0, 0.05) is 25.7 Å². The number of ether oxygens (including phenoxy) is 1. The SMILES string of the molecule is Cn1ncc2c(C(=O)NCCCNC(=O)OC(C)(C)C)cc(-c3cccc(F)c3)nc21. The van der Waals surface area contributed by atoms with Crippen molar-refractivity contribution in [1.82, 2.24) is 25.4 Å². The number of halogens is 1. The molecule has 2 amide bonds. The van der Waals surface area contributed by atoms with Gasteiger partial charge in [-0.1, -0.05) is 12.1 Å². The molecule has 0 radical (unpaired) electrons. The second-order valence-corrected chi connectivity index (χ2v) is 8.11. The van der Waals surface area contributed by atoms with Gasteiger partial charge in [0.2, 0.25) is 0 Å². The van der Waals surface area contributed by atoms with Crippen molar-refractivity contribution in [3.05, 3.63) is 47.9 Å². The van der Waals surface area contributed by atoms with Gasteiger partial charge in [-0.05, 0) is 45.4 Å². The first kappa shape index (κ1) is 22.2. The van der Waals surface area contributed by atoms with E-state index in [-0.39, 0.29) is 11.7 Å². The van der Waals surface area contributed by atoms with E-state index >= 15 is 0 Å². The second kappa shape index (κ2) is 9.11. The summed E-state index contributed by atoms with van der Waals surface area (Å²) >= 11 is 0. The third kappa shape index (κ3) is 5.78. The van der Waals surface area contributed by atoms with Crippen LogP contribution in [0.5, 0.6) is 0 Å². The molecule has 2 heterocycles. The molecule has 31 heavy (non-hydrogen) atoms. The van der Waals surface area contributed by atoms with Gasteiger partial charge in [0.25, 0.3) is 5.91 Å². The van der Waals surface area contributed by atoms with Gasteiger partial charge in [-0.25, -0.2) is 14.2 Å². The fraction of sp³-hybridized carbons (Fsp3) is 0.364. The van der Waals surface area contributed by atoms with Gasteiger partial charge < -0.3 is 15.4 Å². The summed E-state index contributed by atoms with van der Waals surface area (Å²) in [7, 11) is 1.73. The molecule has 3 aromatic rings. The van der Waals surface area contributed by atoms with E-state index in [2.05, 4.69) is 20.7 Å². The van der Waals surface area contributed by atoms with E-state index in [0.717, 1.165) is 0 Å². The van der Waals surface area contributed by atoms with Crippen LogP contribution in [0.15, 0.2) is 36.5 Å². The summed E-state index contributed by atoms with van der Waals surface area (Å²) in [4.78, 5) is 29.0. The Morgan fingerprint density at radius 1 is 1.16 bits per heavy atom. The number of hydrogen-bond donors (Lipinski definition) is 2. The highest BCUT2D eigenvalue weighted by Gasteiger charge is 2.17. The minimum atomic E-state index is -0.561. The van der Waals surface area contributed by atoms with Crippen molar-refractivity contribution >= 4 is 23.0 Å². The van der Waals surface area contributed by atoms with Crippen LogP contribution in [0.2, 0.25) is 0 Å². The highest BCUT2D eigenvalue weighted by Crippen LogP contribution is 2.25. The summed E-state index contributed by atoms with van der Waals surface area (Å²) in [6.45, 7) is 6.09. The number of aryl methyl sites for hydroxylation is 1. The van der Waals surface area contributed by atoms with E-state index in [1.54, 1.807) is 56.9 Å². The normalized spacial score (nSPS) is 11.4. The van der Waals surface area contributed by atoms with Crippen LogP contribution in [0.25, 0.3) is 22.3 Å². The molecule has 0 unspecified atom stereocenters. The molecular formula is C22H26FN5O3. The molecule has 1 aromatic carbocycles. The number of nitrogens with zero attached hydrogens (tertiary/aromatic N) is 3. The molecule has 0 saturated carbocycles. The van der Waals surface area contributed by atoms with E-state index < -0.39 is 11.7 Å². The Hall–Kier alpha value is -3.49. The monoisotopic (exact) mass is 427 g/mol. The fourth-order valence-corrected chi connectivity index (χ4v) is 2.99. The van der Waals surface area contributed by atoms with Crippen LogP contribution in [-0.2, 0) is 11.8 Å². The first-order valence-electron chi connectivity index (χ1n) is 9.98. The molecule has 0 bridgehead atoms. The van der Waals surface area contributed by atoms with Gasteiger partial charge in [0.1, 0.15) is 11.4 Å². The van der Waals surface area contributed by atoms with E-state index in [1.807, 2.05) is 0 Å². The number of alkyl carbamates (subject to hydrolysis) is 1. The lowest BCUT2D eigenvalue weighted by molar-refractivity contribution is 0.0527. The zero-order valence-corrected chi connectivity index (χ0v) is 18.0. The maximum absolute atomic E-state index is 13.7. The summed E-state index contributed by atoms with van der Waals surface area (Å²) < 4.78 is 20.4. The van der Waals surface area contributed by atoms with Crippen LogP contribution in [-0.4, -0.2) is 45.5 Å². The van der Waals surface area contributed by atoms with Gasteiger partial charge in [-0.15, -0.1) is 0 Å². The van der Waals surface area contributed by atoms with Crippen LogP contribution in [0.4, 0.5) is 9.18 Å². The molecule has 0 spiro atoms. The fourth-order valence-electron chi connectivity index (χ4n) is 2.99. The van der Waals surface area contributed by atoms with Gasteiger partial charge in [-0.3, -0.25) is 9.48 Å². The largest absolute Gasteiger partial charge is 0.444 e. The van der Waals surface area contributed by atoms with Crippen LogP contribution in [0.1, 0.15) is 37.6 Å². The first-order valence-corrected chi connectivity index (χ1v) is 9.98. The predicted molar refractivity (Wildman–Crippen MR) is 115 cm³/mol. The third-order valence-electron chi connectivity index (χ3n) is 4.38. The second-order valence-electron chi connectivity index (χ2n) is 8.11. The van der Waals surface area contributed by atoms with E-state index in [0.29, 0.717) is 47.4 Å². The Morgan fingerprint density at radius 2 is 1.90 bits per heavy atom. The van der Waals surface area contributed by atoms with Crippen molar-refractivity contribution in [2.75, 3.05) is 13.1 Å². The lowest BCUT2D eigenvalue weighted by Crippen LogP contribution is -2.34. The lowest BCUT2D eigenvalue weighted by atomic mass is 10.1. The average molecular weight is 427 g/mol. The Morgan fingerprint density at radius 3 is 2.61 bits per heavy atom. The van der Waals surface area contributed by atoms with Crippen molar-refractivity contribution in [3.63, 3.8) is 0 Å². The zero-order chi connectivity index (χ0) is 22.6. The number of benzene rings is 1. The molecule has 0 aliphatic rings. The van der Waals surface area contributed by atoms with E-state index in [9.17, 15) is 14.0 Å². The van der Waals surface area contributed by atoms with Gasteiger partial charge in [-0.2, -0.15) is 5.10 Å². The number of pyridine rings is 1. The quantitative estimate of drug-likeness (QED) is 0.588. The minimum absolute atomic E-state index is 0.296. The molecule has 0 saturated heterocycles. The Balaban J connectivity index is 1.69. The molecule has 2 aromatic heterocycles. The molecule has 2 N–H and O–H groups in total. The molecule has 0 atom stereocenters. The predicted octanol–water partition coefficient (Wildman–Crippen LogP) is 3.42. The number of hydrogen-bond acceptors (Lipinski definition) is 5. The summed E-state index contributed by atoms with van der Waals surface area (Å²) in [5, 5.41) is 10.3. The highest BCUT2D eigenvalue weighted by molar-refractivity contribution is 6.06. The van der Waals surface area contributed by atoms with Crippen LogP contribution in [0.3, 0.4) is 0 Å². The summed E-state index contributed by atoms with van der Waals surface area (Å²) in [6.07, 6.45) is 1.62. The number of fused-ring (bicyclic) bond motifs is 1. The molecule has 3 rings (SSSR count). The highest BCUT2D eigenvalue weighted by atomic mass is 19.1. The van der Waals surface area contributed by atoms with Crippen molar-refractivity contribution in [2.24, 2.45) is 7.05 Å². The van der Waals surface area contributed by atoms with Crippen LogP contribution in [0, 0.1) is 5.82 Å². The van der Waals surface area contributed by atoms with Crippen molar-refractivity contribution < 1.29 is 18.7 Å². The zero-order valence-electron chi connectivity index (χ0n) is 18.0. The number of carbonyl (C=O) groups is 2. The Bertz CT molecular complexity index is 1100. The maximum atomic E-state index is 13.7. The molecule has 9 heteroatoms. The molecule has 0 fully saturated rings. The Labute approximate surface area is 179 Å². The van der Waals surface area contributed by atoms with E-state index in [1.165, 1.54) is 12.1 Å². The summed E-state index contributed by atoms with van der Waals surface area (Å²) in [5.74, 6) is -0.678. The lowest BCUT2D eigenvalue weighted by Gasteiger charge is -2.19. The van der Waals surface area contributed by atoms with Gasteiger partial charge >= 0.3 is 6.09 Å². The molecule has 0 aliphatic heterocycles. The topological polar surface area (TPSA) is 98.1 Å². The first-order chi connectivity index (χ1) is 14.6. The van der Waals surface area contributed by atoms with E-state index in [4.69, 9.17) is 4.74 Å². The standard InChI is InChI=1S/C22H26FN5O3/c1-22(2,3)31-21(30)25-10-6-9-24-20(29)16-12-18(14-7-5-8-15(23)11-14)27-19-17(16)13-26-28(19)4/h5,7-8,11-13H,6,9-10H2,1-4H3,(H,24,29)(H,25,30). The van der Waals surface area contributed by atoms with Gasteiger partial charge in [0.15, 0.2) is 5.65 Å². The minimum Gasteiger partial charge on any atom is -0.444 e. The number of aromatic nitrogens is 3. The molecular weight excluding hydrogens is 401 g/mol. The average Bonchev–Trinajstić information content (AvgIpc) is 3.06.